The van der Waals surface area contributed by atoms with Crippen LogP contribution in [0, 0.1) is 5.92 Å². The summed E-state index contributed by atoms with van der Waals surface area (Å²) < 4.78 is 37.6. The van der Waals surface area contributed by atoms with Gasteiger partial charge in [-0.05, 0) is 12.3 Å². The molecule has 0 aromatic rings. The molecule has 0 spiro atoms. The minimum atomic E-state index is -4.82. The Morgan fingerprint density at radius 2 is 1.22 bits per heavy atom. The Morgan fingerprint density at radius 1 is 0.778 bits per heavy atom. The number of rotatable bonds is 17. The molecule has 27 heavy (non-hydrogen) atoms. The first kappa shape index (κ1) is 25.9. The molecule has 0 aromatic carbocycles. The Hall–Kier alpha value is -1.15. The number of unbranched alkanes of at least 4 members (excludes halogenated alkanes) is 9. The van der Waals surface area contributed by atoms with Crippen molar-refractivity contribution >= 4 is 22.3 Å². The summed E-state index contributed by atoms with van der Waals surface area (Å²) in [5, 5.41) is 0. The van der Waals surface area contributed by atoms with Crippen LogP contribution in [-0.2, 0) is 28.9 Å². The minimum absolute atomic E-state index is 0.272. The van der Waals surface area contributed by atoms with Gasteiger partial charge in [-0.1, -0.05) is 78.1 Å². The third kappa shape index (κ3) is 21.0. The molecule has 160 valence electrons. The van der Waals surface area contributed by atoms with E-state index in [1.807, 2.05) is 0 Å². The van der Waals surface area contributed by atoms with Crippen molar-refractivity contribution < 1.29 is 31.5 Å². The highest BCUT2D eigenvalue weighted by atomic mass is 32.3. The highest BCUT2D eigenvalue weighted by Crippen LogP contribution is 2.13. The molecule has 8 heteroatoms. The van der Waals surface area contributed by atoms with E-state index < -0.39 is 28.8 Å². The molecule has 1 N–H and O–H groups in total. The lowest BCUT2D eigenvalue weighted by atomic mass is 10.0. The van der Waals surface area contributed by atoms with Gasteiger partial charge in [0.15, 0.2) is 0 Å². The minimum Gasteiger partial charge on any atom is -0.466 e. The molecule has 0 unspecified atom stereocenters. The quantitative estimate of drug-likeness (QED) is 0.213. The second kappa shape index (κ2) is 15.9. The van der Waals surface area contributed by atoms with Crippen LogP contribution in [0.25, 0.3) is 0 Å². The Balaban J connectivity index is 3.34. The number of ether oxygens (including phenoxy) is 1. The first-order chi connectivity index (χ1) is 12.7. The molecule has 0 aliphatic carbocycles. The fourth-order valence-corrected chi connectivity index (χ4v) is 3.01. The molecule has 0 bridgehead atoms. The van der Waals surface area contributed by atoms with E-state index in [2.05, 4.69) is 18.0 Å². The maximum atomic E-state index is 11.4. The highest BCUT2D eigenvalue weighted by Gasteiger charge is 2.15. The van der Waals surface area contributed by atoms with E-state index in [1.54, 1.807) is 0 Å². The summed E-state index contributed by atoms with van der Waals surface area (Å²) in [5.74, 6) is -0.958. The molecule has 0 radical (unpaired) electrons. The summed E-state index contributed by atoms with van der Waals surface area (Å²) in [6, 6.07) is 0. The molecule has 0 fully saturated rings. The van der Waals surface area contributed by atoms with Crippen molar-refractivity contribution in [3.63, 3.8) is 0 Å². The monoisotopic (exact) mass is 408 g/mol. The van der Waals surface area contributed by atoms with Gasteiger partial charge in [-0.3, -0.25) is 14.1 Å². The number of esters is 1. The van der Waals surface area contributed by atoms with Crippen molar-refractivity contribution in [1.29, 1.82) is 0 Å². The van der Waals surface area contributed by atoms with Crippen LogP contribution in [0.1, 0.15) is 97.3 Å². The molecule has 0 atom stereocenters. The van der Waals surface area contributed by atoms with Crippen LogP contribution in [0.5, 0.6) is 0 Å². The molecular formula is C19H36O7S. The third-order valence-electron chi connectivity index (χ3n) is 4.17. The second-order valence-electron chi connectivity index (χ2n) is 7.32. The fourth-order valence-electron chi connectivity index (χ4n) is 2.69. The van der Waals surface area contributed by atoms with Crippen molar-refractivity contribution in [2.75, 3.05) is 6.61 Å². The van der Waals surface area contributed by atoms with Crippen LogP contribution in [-0.4, -0.2) is 31.5 Å². The summed E-state index contributed by atoms with van der Waals surface area (Å²) in [7, 11) is -4.82. The number of hydrogen-bond donors (Lipinski definition) is 1. The molecule has 0 saturated carbocycles. The molecule has 0 aliphatic rings. The van der Waals surface area contributed by atoms with E-state index >= 15 is 0 Å². The average Bonchev–Trinajstić information content (AvgIpc) is 2.55. The van der Waals surface area contributed by atoms with Crippen LogP contribution < -0.4 is 0 Å². The standard InChI is InChI=1S/C19H36O7S/c1-17(2)13-11-9-7-5-3-4-6-8-10-12-16-25-18(20)14-15-19(21)26-27(22,23)24/h17H,3-16H2,1-2H3,(H,22,23,24). The van der Waals surface area contributed by atoms with Crippen molar-refractivity contribution in [1.82, 2.24) is 0 Å². The van der Waals surface area contributed by atoms with Crippen LogP contribution in [0.2, 0.25) is 0 Å². The van der Waals surface area contributed by atoms with E-state index in [0.29, 0.717) is 6.61 Å². The lowest BCUT2D eigenvalue weighted by molar-refractivity contribution is -0.147. The lowest BCUT2D eigenvalue weighted by Crippen LogP contribution is -2.14. The Kier molecular flexibility index (Phi) is 15.2. The predicted octanol–water partition coefficient (Wildman–Crippen LogP) is 4.60. The summed E-state index contributed by atoms with van der Waals surface area (Å²) in [4.78, 5) is 22.4. The molecule has 0 rings (SSSR count). The van der Waals surface area contributed by atoms with Crippen LogP contribution in [0.15, 0.2) is 0 Å². The molecule has 0 aliphatic heterocycles. The maximum absolute atomic E-state index is 11.4. The van der Waals surface area contributed by atoms with Gasteiger partial charge in [0.1, 0.15) is 0 Å². The van der Waals surface area contributed by atoms with Gasteiger partial charge >= 0.3 is 22.3 Å². The highest BCUT2D eigenvalue weighted by molar-refractivity contribution is 7.81. The van der Waals surface area contributed by atoms with Gasteiger partial charge in [-0.2, -0.15) is 8.42 Å². The topological polar surface area (TPSA) is 107 Å². The largest absolute Gasteiger partial charge is 0.466 e. The van der Waals surface area contributed by atoms with Gasteiger partial charge in [-0.15, -0.1) is 0 Å². The first-order valence-corrected chi connectivity index (χ1v) is 11.4. The summed E-state index contributed by atoms with van der Waals surface area (Å²) in [6.07, 6.45) is 12.6. The molecule has 0 aromatic heterocycles. The van der Waals surface area contributed by atoms with Crippen LogP contribution in [0.3, 0.4) is 0 Å². The van der Waals surface area contributed by atoms with Crippen molar-refractivity contribution in [2.45, 2.75) is 97.3 Å². The second-order valence-corrected chi connectivity index (χ2v) is 8.34. The smallest absolute Gasteiger partial charge is 0.448 e. The molecule has 0 heterocycles. The normalized spacial score (nSPS) is 11.6. The molecule has 0 amide bonds. The predicted molar refractivity (Wildman–Crippen MR) is 103 cm³/mol. The molecule has 7 nitrogen and oxygen atoms in total. The van der Waals surface area contributed by atoms with Crippen LogP contribution in [0.4, 0.5) is 0 Å². The van der Waals surface area contributed by atoms with E-state index in [0.717, 1.165) is 25.2 Å². The van der Waals surface area contributed by atoms with Gasteiger partial charge < -0.3 is 8.92 Å². The third-order valence-corrected chi connectivity index (χ3v) is 4.57. The number of carbonyl (C=O) groups excluding carboxylic acids is 2. The zero-order valence-electron chi connectivity index (χ0n) is 16.8. The number of carbonyl (C=O) groups is 2. The van der Waals surface area contributed by atoms with Gasteiger partial charge in [-0.25, -0.2) is 0 Å². The first-order valence-electron chi connectivity index (χ1n) is 10.1. The van der Waals surface area contributed by atoms with E-state index in [9.17, 15) is 18.0 Å². The Labute approximate surface area is 164 Å². The van der Waals surface area contributed by atoms with E-state index in [4.69, 9.17) is 9.29 Å². The summed E-state index contributed by atoms with van der Waals surface area (Å²) >= 11 is 0. The van der Waals surface area contributed by atoms with Gasteiger partial charge in [0.25, 0.3) is 0 Å². The zero-order valence-corrected chi connectivity index (χ0v) is 17.6. The zero-order chi connectivity index (χ0) is 20.5. The van der Waals surface area contributed by atoms with Gasteiger partial charge in [0.2, 0.25) is 0 Å². The molecule has 0 saturated heterocycles. The average molecular weight is 409 g/mol. The fraction of sp³-hybridized carbons (Fsp3) is 0.895. The summed E-state index contributed by atoms with van der Waals surface area (Å²) in [5.41, 5.74) is 0. The Bertz CT molecular complexity index is 500. The van der Waals surface area contributed by atoms with Crippen molar-refractivity contribution in [3.05, 3.63) is 0 Å². The number of hydrogen-bond acceptors (Lipinski definition) is 6. The van der Waals surface area contributed by atoms with Gasteiger partial charge in [0, 0.05) is 0 Å². The van der Waals surface area contributed by atoms with Crippen LogP contribution >= 0.6 is 0 Å². The van der Waals surface area contributed by atoms with E-state index in [1.165, 1.54) is 51.4 Å². The lowest BCUT2D eigenvalue weighted by Gasteiger charge is -2.05. The van der Waals surface area contributed by atoms with Crippen molar-refractivity contribution in [2.24, 2.45) is 5.92 Å². The SMILES string of the molecule is CC(C)CCCCCCCCCCCCOC(=O)CCC(=O)OS(=O)(=O)O. The maximum Gasteiger partial charge on any atom is 0.448 e. The summed E-state index contributed by atoms with van der Waals surface area (Å²) in [6.45, 7) is 4.83. The molecular weight excluding hydrogens is 372 g/mol. The van der Waals surface area contributed by atoms with Crippen molar-refractivity contribution in [3.8, 4) is 0 Å². The van der Waals surface area contributed by atoms with Gasteiger partial charge in [0.05, 0.1) is 19.4 Å². The Morgan fingerprint density at radius 3 is 1.70 bits per heavy atom. The van der Waals surface area contributed by atoms with E-state index in [-0.39, 0.29) is 6.42 Å².